The van der Waals surface area contributed by atoms with Crippen molar-refractivity contribution in [2.75, 3.05) is 11.4 Å². The summed E-state index contributed by atoms with van der Waals surface area (Å²) in [6.45, 7) is 6.56. The van der Waals surface area contributed by atoms with Crippen LogP contribution in [0, 0.1) is 6.92 Å². The van der Waals surface area contributed by atoms with Crippen LogP contribution in [0.5, 0.6) is 0 Å². The molecule has 2 aliphatic rings. The van der Waals surface area contributed by atoms with E-state index in [1.54, 1.807) is 0 Å². The Morgan fingerprint density at radius 2 is 2.16 bits per heavy atom. The van der Waals surface area contributed by atoms with Gasteiger partial charge in [-0.25, -0.2) is 4.98 Å². The highest BCUT2D eigenvalue weighted by Crippen LogP contribution is 2.27. The van der Waals surface area contributed by atoms with E-state index in [1.165, 1.54) is 50.0 Å². The Morgan fingerprint density at radius 1 is 1.32 bits per heavy atom. The first-order valence-electron chi connectivity index (χ1n) is 7.74. The molecule has 1 aromatic rings. The number of hydrogen-bond donors (Lipinski definition) is 1. The minimum atomic E-state index is 0.693. The van der Waals surface area contributed by atoms with E-state index in [9.17, 15) is 0 Å². The average molecular weight is 259 g/mol. The largest absolute Gasteiger partial charge is 0.354 e. The third-order valence-electron chi connectivity index (χ3n) is 4.31. The van der Waals surface area contributed by atoms with Gasteiger partial charge in [0.05, 0.1) is 0 Å². The molecule has 1 aliphatic heterocycles. The van der Waals surface area contributed by atoms with Crippen molar-refractivity contribution in [3.05, 3.63) is 23.4 Å². The van der Waals surface area contributed by atoms with Crippen molar-refractivity contribution >= 4 is 5.82 Å². The first-order valence-corrected chi connectivity index (χ1v) is 7.74. The summed E-state index contributed by atoms with van der Waals surface area (Å²) in [4.78, 5) is 7.26. The zero-order valence-corrected chi connectivity index (χ0v) is 12.2. The summed E-state index contributed by atoms with van der Waals surface area (Å²) in [5.41, 5.74) is 2.53. The second-order valence-corrected chi connectivity index (χ2v) is 6.03. The minimum absolute atomic E-state index is 0.693. The fraction of sp³-hybridized carbons (Fsp3) is 0.688. The summed E-state index contributed by atoms with van der Waals surface area (Å²) in [7, 11) is 0. The second-order valence-electron chi connectivity index (χ2n) is 6.03. The highest BCUT2D eigenvalue weighted by atomic mass is 15.2. The summed E-state index contributed by atoms with van der Waals surface area (Å²) < 4.78 is 0. The van der Waals surface area contributed by atoms with Crippen LogP contribution < -0.4 is 10.2 Å². The highest BCUT2D eigenvalue weighted by Gasteiger charge is 2.24. The van der Waals surface area contributed by atoms with Crippen LogP contribution >= 0.6 is 0 Å². The van der Waals surface area contributed by atoms with Crippen LogP contribution in [0.2, 0.25) is 0 Å². The Labute approximate surface area is 116 Å². The fourth-order valence-electron chi connectivity index (χ4n) is 3.08. The van der Waals surface area contributed by atoms with E-state index in [2.05, 4.69) is 36.2 Å². The molecule has 0 spiro atoms. The monoisotopic (exact) mass is 259 g/mol. The summed E-state index contributed by atoms with van der Waals surface area (Å²) in [5.74, 6) is 1.19. The Hall–Kier alpha value is -1.09. The molecule has 19 heavy (non-hydrogen) atoms. The average Bonchev–Trinajstić information content (AvgIpc) is 3.11. The molecule has 3 nitrogen and oxygen atoms in total. The van der Waals surface area contributed by atoms with Gasteiger partial charge in [0.25, 0.3) is 0 Å². The van der Waals surface area contributed by atoms with E-state index in [1.807, 2.05) is 0 Å². The van der Waals surface area contributed by atoms with Gasteiger partial charge in [0.15, 0.2) is 0 Å². The maximum Gasteiger partial charge on any atom is 0.129 e. The van der Waals surface area contributed by atoms with Gasteiger partial charge in [-0.15, -0.1) is 0 Å². The summed E-state index contributed by atoms with van der Waals surface area (Å²) in [6.07, 6.45) is 6.55. The molecule has 1 N–H and O–H groups in total. The molecule has 2 fully saturated rings. The molecule has 1 aliphatic carbocycles. The number of nitrogens with zero attached hydrogens (tertiary/aromatic N) is 2. The van der Waals surface area contributed by atoms with Crippen LogP contribution in [-0.2, 0) is 6.54 Å². The number of pyridine rings is 1. The van der Waals surface area contributed by atoms with Crippen LogP contribution in [0.1, 0.15) is 50.3 Å². The lowest BCUT2D eigenvalue weighted by Crippen LogP contribution is -2.29. The van der Waals surface area contributed by atoms with E-state index in [0.717, 1.165) is 18.3 Å². The fourth-order valence-corrected chi connectivity index (χ4v) is 3.08. The standard InChI is InChI=1S/C16H25N3/c1-3-15-5-4-8-19(15)16-10-13(9-12(2)18-16)11-17-14-6-7-14/h9-10,14-15,17H,3-8,11H2,1-2H3. The van der Waals surface area contributed by atoms with E-state index < -0.39 is 0 Å². The van der Waals surface area contributed by atoms with Gasteiger partial charge in [-0.05, 0) is 56.7 Å². The van der Waals surface area contributed by atoms with Crippen molar-refractivity contribution in [3.63, 3.8) is 0 Å². The van der Waals surface area contributed by atoms with Crippen molar-refractivity contribution in [2.24, 2.45) is 0 Å². The molecule has 0 amide bonds. The SMILES string of the molecule is CCC1CCCN1c1cc(CNC2CC2)cc(C)n1. The number of rotatable bonds is 5. The molecule has 0 bridgehead atoms. The van der Waals surface area contributed by atoms with Crippen molar-refractivity contribution < 1.29 is 0 Å². The quantitative estimate of drug-likeness (QED) is 0.881. The lowest BCUT2D eigenvalue weighted by molar-refractivity contribution is 0.638. The van der Waals surface area contributed by atoms with Gasteiger partial charge >= 0.3 is 0 Å². The summed E-state index contributed by atoms with van der Waals surface area (Å²) in [5, 5.41) is 3.60. The normalized spacial score (nSPS) is 23.1. The minimum Gasteiger partial charge on any atom is -0.354 e. The van der Waals surface area contributed by atoms with Gasteiger partial charge in [0.2, 0.25) is 0 Å². The molecule has 1 unspecified atom stereocenters. The molecular weight excluding hydrogens is 234 g/mol. The predicted molar refractivity (Wildman–Crippen MR) is 79.5 cm³/mol. The molecule has 1 aromatic heterocycles. The first kappa shape index (κ1) is 12.9. The molecule has 0 aromatic carbocycles. The third kappa shape index (κ3) is 3.08. The zero-order valence-electron chi connectivity index (χ0n) is 12.2. The number of aryl methyl sites for hydroxylation is 1. The van der Waals surface area contributed by atoms with Gasteiger partial charge in [-0.2, -0.15) is 0 Å². The van der Waals surface area contributed by atoms with E-state index in [4.69, 9.17) is 4.98 Å². The topological polar surface area (TPSA) is 28.2 Å². The Morgan fingerprint density at radius 3 is 2.89 bits per heavy atom. The van der Waals surface area contributed by atoms with Gasteiger partial charge in [0.1, 0.15) is 5.82 Å². The lowest BCUT2D eigenvalue weighted by atomic mass is 10.1. The first-order chi connectivity index (χ1) is 9.26. The van der Waals surface area contributed by atoms with E-state index in [-0.39, 0.29) is 0 Å². The van der Waals surface area contributed by atoms with Gasteiger partial charge in [-0.1, -0.05) is 6.92 Å². The van der Waals surface area contributed by atoms with E-state index >= 15 is 0 Å². The van der Waals surface area contributed by atoms with Crippen molar-refractivity contribution in [2.45, 2.75) is 64.6 Å². The molecule has 1 saturated heterocycles. The number of nitrogens with one attached hydrogen (secondary N) is 1. The molecule has 1 saturated carbocycles. The Balaban J connectivity index is 1.75. The zero-order chi connectivity index (χ0) is 13.2. The Bertz CT molecular complexity index is 440. The molecule has 0 radical (unpaired) electrons. The molecule has 3 rings (SSSR count). The van der Waals surface area contributed by atoms with Crippen molar-refractivity contribution in [1.29, 1.82) is 0 Å². The smallest absolute Gasteiger partial charge is 0.129 e. The maximum absolute atomic E-state index is 4.75. The van der Waals surface area contributed by atoms with Gasteiger partial charge in [-0.3, -0.25) is 0 Å². The van der Waals surface area contributed by atoms with Crippen LogP contribution in [0.25, 0.3) is 0 Å². The van der Waals surface area contributed by atoms with E-state index in [0.29, 0.717) is 6.04 Å². The molecule has 2 heterocycles. The number of hydrogen-bond acceptors (Lipinski definition) is 3. The summed E-state index contributed by atoms with van der Waals surface area (Å²) in [6, 6.07) is 5.97. The van der Waals surface area contributed by atoms with Crippen LogP contribution in [-0.4, -0.2) is 23.6 Å². The maximum atomic E-state index is 4.75. The number of anilines is 1. The van der Waals surface area contributed by atoms with Crippen molar-refractivity contribution in [1.82, 2.24) is 10.3 Å². The lowest BCUT2D eigenvalue weighted by Gasteiger charge is -2.25. The summed E-state index contributed by atoms with van der Waals surface area (Å²) >= 11 is 0. The number of aromatic nitrogens is 1. The molecule has 104 valence electrons. The van der Waals surface area contributed by atoms with Crippen LogP contribution in [0.4, 0.5) is 5.82 Å². The highest BCUT2D eigenvalue weighted by molar-refractivity contribution is 5.44. The molecule has 1 atom stereocenters. The third-order valence-corrected chi connectivity index (χ3v) is 4.31. The Kier molecular flexibility index (Phi) is 3.74. The van der Waals surface area contributed by atoms with Crippen LogP contribution in [0.15, 0.2) is 12.1 Å². The second kappa shape index (κ2) is 5.49. The van der Waals surface area contributed by atoms with Crippen molar-refractivity contribution in [3.8, 4) is 0 Å². The predicted octanol–water partition coefficient (Wildman–Crippen LogP) is 3.02. The molecule has 3 heteroatoms. The molecular formula is C16H25N3. The van der Waals surface area contributed by atoms with Gasteiger partial charge < -0.3 is 10.2 Å². The van der Waals surface area contributed by atoms with Gasteiger partial charge in [0, 0.05) is 30.9 Å². The van der Waals surface area contributed by atoms with Crippen LogP contribution in [0.3, 0.4) is 0 Å².